The number of imidazole rings is 1. The molecule has 30 heavy (non-hydrogen) atoms. The summed E-state index contributed by atoms with van der Waals surface area (Å²) < 4.78 is 31.8. The molecule has 9 nitrogen and oxygen atoms in total. The standard InChI is InChI=1S/C18H20Cl2N5O4P/c1-11(7-25-9-24-16-17(21)22-8-23-18(16)25)27-10-30(26)28-3-2-15(29-30)12-4-13(19)6-14(20)5-12/h4-6,8-9,11,15H,2-3,7,10H2,1H3,(H2,21,22,23)/t11-,15+,30?/m1/s1. The molecule has 4 rings (SSSR count). The molecule has 1 aliphatic heterocycles. The van der Waals surface area contributed by atoms with E-state index in [9.17, 15) is 4.57 Å². The molecule has 1 saturated heterocycles. The Hall–Kier alpha value is -1.74. The van der Waals surface area contributed by atoms with Gasteiger partial charge in [-0.25, -0.2) is 15.0 Å². The molecule has 0 spiro atoms. The minimum absolute atomic E-state index is 0.178. The number of nitrogens with zero attached hydrogens (tertiary/aromatic N) is 4. The first kappa shape index (κ1) is 21.5. The van der Waals surface area contributed by atoms with Crippen LogP contribution in [-0.4, -0.2) is 38.6 Å². The molecule has 2 aromatic heterocycles. The van der Waals surface area contributed by atoms with E-state index >= 15 is 0 Å². The minimum Gasteiger partial charge on any atom is -0.382 e. The number of aromatic nitrogens is 4. The quantitative estimate of drug-likeness (QED) is 0.524. The monoisotopic (exact) mass is 471 g/mol. The molecule has 0 radical (unpaired) electrons. The molecule has 2 N–H and O–H groups in total. The third-order valence-electron chi connectivity index (χ3n) is 4.61. The molecular weight excluding hydrogens is 452 g/mol. The van der Waals surface area contributed by atoms with Crippen molar-refractivity contribution < 1.29 is 18.3 Å². The van der Waals surface area contributed by atoms with Gasteiger partial charge in [0.25, 0.3) is 0 Å². The fraction of sp³-hybridized carbons (Fsp3) is 0.389. The van der Waals surface area contributed by atoms with E-state index in [0.29, 0.717) is 40.0 Å². The fourth-order valence-electron chi connectivity index (χ4n) is 3.21. The Morgan fingerprint density at radius 2 is 2.07 bits per heavy atom. The van der Waals surface area contributed by atoms with E-state index < -0.39 is 13.7 Å². The number of halogens is 2. The Labute approximate surface area is 183 Å². The predicted octanol–water partition coefficient (Wildman–Crippen LogP) is 4.45. The van der Waals surface area contributed by atoms with Crippen molar-refractivity contribution in [2.45, 2.75) is 32.1 Å². The van der Waals surface area contributed by atoms with Crippen LogP contribution in [0, 0.1) is 0 Å². The van der Waals surface area contributed by atoms with Gasteiger partial charge in [0.2, 0.25) is 0 Å². The second-order valence-electron chi connectivity index (χ2n) is 6.96. The average molecular weight is 472 g/mol. The van der Waals surface area contributed by atoms with Gasteiger partial charge in [0.05, 0.1) is 31.7 Å². The van der Waals surface area contributed by atoms with Crippen LogP contribution in [0.1, 0.15) is 25.0 Å². The smallest absolute Gasteiger partial charge is 0.356 e. The van der Waals surface area contributed by atoms with E-state index in [-0.39, 0.29) is 19.1 Å². The van der Waals surface area contributed by atoms with E-state index in [0.717, 1.165) is 5.56 Å². The van der Waals surface area contributed by atoms with E-state index in [1.807, 2.05) is 6.92 Å². The molecule has 3 heterocycles. The van der Waals surface area contributed by atoms with Crippen molar-refractivity contribution in [3.8, 4) is 0 Å². The zero-order valence-corrected chi connectivity index (χ0v) is 18.5. The van der Waals surface area contributed by atoms with Crippen LogP contribution in [0.15, 0.2) is 30.9 Å². The molecule has 3 atom stereocenters. The molecule has 0 amide bonds. The number of fused-ring (bicyclic) bond motifs is 1. The zero-order chi connectivity index (χ0) is 21.3. The predicted molar refractivity (Wildman–Crippen MR) is 114 cm³/mol. The van der Waals surface area contributed by atoms with Crippen LogP contribution >= 0.6 is 30.8 Å². The third kappa shape index (κ3) is 4.77. The fourth-order valence-corrected chi connectivity index (χ4v) is 5.39. The summed E-state index contributed by atoms with van der Waals surface area (Å²) in [4.78, 5) is 12.4. The number of ether oxygens (including phenoxy) is 1. The van der Waals surface area contributed by atoms with Crippen LogP contribution < -0.4 is 5.73 Å². The highest BCUT2D eigenvalue weighted by Crippen LogP contribution is 2.56. The normalized spacial score (nSPS) is 23.0. The van der Waals surface area contributed by atoms with Crippen molar-refractivity contribution >= 4 is 47.8 Å². The zero-order valence-electron chi connectivity index (χ0n) is 16.1. The largest absolute Gasteiger partial charge is 0.382 e. The maximum Gasteiger partial charge on any atom is 0.356 e. The molecular formula is C18H20Cl2N5O4P. The summed E-state index contributed by atoms with van der Waals surface area (Å²) in [6.07, 6.45) is 2.62. The lowest BCUT2D eigenvalue weighted by Crippen LogP contribution is -2.21. The molecule has 1 fully saturated rings. The van der Waals surface area contributed by atoms with Gasteiger partial charge in [-0.1, -0.05) is 23.2 Å². The van der Waals surface area contributed by atoms with Crippen molar-refractivity contribution in [1.82, 2.24) is 19.5 Å². The number of benzene rings is 1. The Morgan fingerprint density at radius 3 is 2.83 bits per heavy atom. The first-order chi connectivity index (χ1) is 14.3. The number of nitrogen functional groups attached to an aromatic ring is 1. The summed E-state index contributed by atoms with van der Waals surface area (Å²) in [5.41, 5.74) is 7.70. The molecule has 0 aliphatic carbocycles. The maximum absolute atomic E-state index is 13.1. The molecule has 160 valence electrons. The summed E-state index contributed by atoms with van der Waals surface area (Å²) in [7, 11) is -3.44. The molecule has 1 aliphatic rings. The minimum atomic E-state index is -3.44. The van der Waals surface area contributed by atoms with Gasteiger partial charge in [0, 0.05) is 16.5 Å². The van der Waals surface area contributed by atoms with Crippen LogP contribution in [0.2, 0.25) is 10.0 Å². The third-order valence-corrected chi connectivity index (χ3v) is 6.67. The highest BCUT2D eigenvalue weighted by molar-refractivity contribution is 7.53. The molecule has 0 saturated carbocycles. The number of hydrogen-bond acceptors (Lipinski definition) is 8. The summed E-state index contributed by atoms with van der Waals surface area (Å²) in [5, 5.41) is 0.980. The van der Waals surface area contributed by atoms with E-state index in [1.165, 1.54) is 6.33 Å². The topological polar surface area (TPSA) is 114 Å². The van der Waals surface area contributed by atoms with Crippen molar-refractivity contribution in [1.29, 1.82) is 0 Å². The number of anilines is 1. The summed E-state index contributed by atoms with van der Waals surface area (Å²) in [6.45, 7) is 2.56. The van der Waals surface area contributed by atoms with Gasteiger partial charge >= 0.3 is 7.60 Å². The van der Waals surface area contributed by atoms with E-state index in [4.69, 9.17) is 42.7 Å². The van der Waals surface area contributed by atoms with Gasteiger partial charge < -0.3 is 19.6 Å². The highest BCUT2D eigenvalue weighted by Gasteiger charge is 2.35. The van der Waals surface area contributed by atoms with Gasteiger partial charge in [-0.3, -0.25) is 9.09 Å². The Bertz CT molecular complexity index is 1090. The van der Waals surface area contributed by atoms with E-state index in [2.05, 4.69) is 15.0 Å². The lowest BCUT2D eigenvalue weighted by molar-refractivity contribution is 0.0340. The first-order valence-electron chi connectivity index (χ1n) is 9.24. The van der Waals surface area contributed by atoms with Crippen molar-refractivity contribution in [2.75, 3.05) is 18.7 Å². The lowest BCUT2D eigenvalue weighted by Gasteiger charge is -2.30. The molecule has 12 heteroatoms. The van der Waals surface area contributed by atoms with Crippen LogP contribution in [0.25, 0.3) is 11.2 Å². The Kier molecular flexibility index (Phi) is 6.29. The molecule has 1 unspecified atom stereocenters. The molecule has 1 aromatic carbocycles. The first-order valence-corrected chi connectivity index (χ1v) is 11.7. The second kappa shape index (κ2) is 8.78. The van der Waals surface area contributed by atoms with Crippen molar-refractivity contribution in [2.24, 2.45) is 0 Å². The van der Waals surface area contributed by atoms with Gasteiger partial charge in [0.15, 0.2) is 11.5 Å². The summed E-state index contributed by atoms with van der Waals surface area (Å²) in [6, 6.07) is 5.12. The Morgan fingerprint density at radius 1 is 1.30 bits per heavy atom. The van der Waals surface area contributed by atoms with Crippen LogP contribution in [0.4, 0.5) is 5.82 Å². The van der Waals surface area contributed by atoms with Gasteiger partial charge in [-0.05, 0) is 30.7 Å². The highest BCUT2D eigenvalue weighted by atomic mass is 35.5. The maximum atomic E-state index is 13.1. The lowest BCUT2D eigenvalue weighted by atomic mass is 10.1. The van der Waals surface area contributed by atoms with Crippen LogP contribution in [0.5, 0.6) is 0 Å². The average Bonchev–Trinajstić information content (AvgIpc) is 3.10. The van der Waals surface area contributed by atoms with Crippen molar-refractivity contribution in [3.05, 3.63) is 46.5 Å². The second-order valence-corrected chi connectivity index (χ2v) is 9.79. The van der Waals surface area contributed by atoms with Gasteiger partial charge in [0.1, 0.15) is 18.2 Å². The van der Waals surface area contributed by atoms with Gasteiger partial charge in [-0.15, -0.1) is 0 Å². The SMILES string of the molecule is C[C@H](Cn1cnc2c(N)ncnc21)OCP1(=O)OCC[C@@H](c2cc(Cl)cc(Cl)c2)O1. The number of rotatable bonds is 6. The van der Waals surface area contributed by atoms with Crippen LogP contribution in [-0.2, 0) is 24.9 Å². The summed E-state index contributed by atoms with van der Waals surface area (Å²) >= 11 is 12.1. The van der Waals surface area contributed by atoms with Crippen LogP contribution in [0.3, 0.4) is 0 Å². The van der Waals surface area contributed by atoms with Gasteiger partial charge in [-0.2, -0.15) is 0 Å². The molecule has 3 aromatic rings. The van der Waals surface area contributed by atoms with E-state index in [1.54, 1.807) is 29.1 Å². The number of nitrogens with two attached hydrogens (primary N) is 1. The Balaban J connectivity index is 1.39. The summed E-state index contributed by atoms with van der Waals surface area (Å²) in [5.74, 6) is 0.313. The molecule has 0 bridgehead atoms. The van der Waals surface area contributed by atoms with Crippen molar-refractivity contribution in [3.63, 3.8) is 0 Å². The number of hydrogen-bond donors (Lipinski definition) is 1.